The van der Waals surface area contributed by atoms with Crippen LogP contribution in [0, 0.1) is 0 Å². The molecule has 0 radical (unpaired) electrons. The van der Waals surface area contributed by atoms with E-state index < -0.39 is 74.6 Å². The molecule has 0 spiro atoms. The maximum absolute atomic E-state index is 10.7. The summed E-state index contributed by atoms with van der Waals surface area (Å²) in [7, 11) is 1.42. The first kappa shape index (κ1) is 27.0. The van der Waals surface area contributed by atoms with Crippen molar-refractivity contribution >= 4 is 0 Å². The van der Waals surface area contributed by atoms with Crippen molar-refractivity contribution in [2.24, 2.45) is 0 Å². The van der Waals surface area contributed by atoms with E-state index in [2.05, 4.69) is 0 Å². The first-order chi connectivity index (χ1) is 16.2. The van der Waals surface area contributed by atoms with Crippen LogP contribution in [0.3, 0.4) is 0 Å². The van der Waals surface area contributed by atoms with E-state index in [1.807, 2.05) is 0 Å². The van der Waals surface area contributed by atoms with Gasteiger partial charge in [-0.3, -0.25) is 0 Å². The SMILES string of the molecule is COc1ccc(CCO[C@@H]2O[C@H](CO)[C@@H](O)[C@H](O[C@@H]3O[C@H](CO)[C@@H](O)[C@H](O)[C@H]3O)[C@H]2O)cc1O. The molecule has 13 heteroatoms. The highest BCUT2D eigenvalue weighted by Gasteiger charge is 2.50. The van der Waals surface area contributed by atoms with E-state index in [1.54, 1.807) is 12.1 Å². The van der Waals surface area contributed by atoms with Crippen molar-refractivity contribution in [1.29, 1.82) is 0 Å². The number of hydrogen-bond donors (Lipinski definition) is 8. The predicted molar refractivity (Wildman–Crippen MR) is 111 cm³/mol. The van der Waals surface area contributed by atoms with Crippen molar-refractivity contribution in [3.8, 4) is 11.5 Å². The largest absolute Gasteiger partial charge is 0.504 e. The standard InChI is InChI=1S/C21H32O13/c1-30-11-3-2-9(6-10(11)24)4-5-31-20-18(29)19(15(26)13(8-23)32-20)34-21-17(28)16(27)14(25)12(7-22)33-21/h2-3,6,12-29H,4-5,7-8H2,1H3/t12-,13-,14-,15-,16+,17-,18-,19+,20-,21+/m1/s1. The molecule has 2 fully saturated rings. The molecular weight excluding hydrogens is 460 g/mol. The van der Waals surface area contributed by atoms with Gasteiger partial charge in [-0.25, -0.2) is 0 Å². The Bertz CT molecular complexity index is 777. The van der Waals surface area contributed by atoms with Gasteiger partial charge in [-0.15, -0.1) is 0 Å². The van der Waals surface area contributed by atoms with Gasteiger partial charge in [0.05, 0.1) is 26.9 Å². The number of benzene rings is 1. The molecule has 0 unspecified atom stereocenters. The lowest BCUT2D eigenvalue weighted by atomic mass is 9.97. The zero-order valence-corrected chi connectivity index (χ0v) is 18.5. The van der Waals surface area contributed by atoms with Crippen LogP contribution in [0.2, 0.25) is 0 Å². The van der Waals surface area contributed by atoms with Gasteiger partial charge < -0.3 is 64.5 Å². The van der Waals surface area contributed by atoms with Gasteiger partial charge in [-0.05, 0) is 24.1 Å². The van der Waals surface area contributed by atoms with Crippen molar-refractivity contribution in [2.45, 2.75) is 67.8 Å². The predicted octanol–water partition coefficient (Wildman–Crippen LogP) is -3.42. The molecule has 1 aromatic rings. The lowest BCUT2D eigenvalue weighted by Gasteiger charge is -2.45. The summed E-state index contributed by atoms with van der Waals surface area (Å²) >= 11 is 0. The molecule has 0 amide bonds. The van der Waals surface area contributed by atoms with Gasteiger partial charge in [0.2, 0.25) is 0 Å². The third kappa shape index (κ3) is 5.78. The Morgan fingerprint density at radius 2 is 1.47 bits per heavy atom. The van der Waals surface area contributed by atoms with Crippen molar-refractivity contribution in [3.05, 3.63) is 23.8 Å². The Kier molecular flexibility index (Phi) is 9.42. The van der Waals surface area contributed by atoms with Gasteiger partial charge in [0.1, 0.15) is 48.8 Å². The highest BCUT2D eigenvalue weighted by molar-refractivity contribution is 5.41. The first-order valence-electron chi connectivity index (χ1n) is 10.8. The highest BCUT2D eigenvalue weighted by atomic mass is 16.7. The Morgan fingerprint density at radius 1 is 0.824 bits per heavy atom. The van der Waals surface area contributed by atoms with E-state index in [-0.39, 0.29) is 12.4 Å². The normalized spacial score (nSPS) is 38.6. The van der Waals surface area contributed by atoms with E-state index in [0.29, 0.717) is 17.7 Å². The Labute approximate surface area is 195 Å². The average Bonchev–Trinajstić information content (AvgIpc) is 2.83. The van der Waals surface area contributed by atoms with E-state index in [9.17, 15) is 40.9 Å². The maximum atomic E-state index is 10.7. The monoisotopic (exact) mass is 492 g/mol. The summed E-state index contributed by atoms with van der Waals surface area (Å²) in [6.07, 6.45) is -14.8. The fraction of sp³-hybridized carbons (Fsp3) is 0.714. The molecule has 0 bridgehead atoms. The fourth-order valence-corrected chi connectivity index (χ4v) is 3.87. The average molecular weight is 492 g/mol. The molecule has 2 heterocycles. The maximum Gasteiger partial charge on any atom is 0.187 e. The van der Waals surface area contributed by atoms with Crippen LogP contribution in [0.1, 0.15) is 5.56 Å². The number of phenols is 1. The van der Waals surface area contributed by atoms with Crippen molar-refractivity contribution in [1.82, 2.24) is 0 Å². The molecule has 2 aliphatic heterocycles. The summed E-state index contributed by atoms with van der Waals surface area (Å²) in [6, 6.07) is 4.79. The number of methoxy groups -OCH3 is 1. The molecule has 13 nitrogen and oxygen atoms in total. The summed E-state index contributed by atoms with van der Waals surface area (Å²) in [5.41, 5.74) is 0.705. The zero-order chi connectivity index (χ0) is 25.0. The lowest BCUT2D eigenvalue weighted by Crippen LogP contribution is -2.64. The molecule has 8 N–H and O–H groups in total. The van der Waals surface area contributed by atoms with Crippen molar-refractivity contribution < 1.29 is 64.5 Å². The molecule has 2 saturated heterocycles. The van der Waals surface area contributed by atoms with E-state index in [4.69, 9.17) is 23.7 Å². The second kappa shape index (κ2) is 11.9. The van der Waals surface area contributed by atoms with Crippen LogP contribution in [-0.2, 0) is 25.4 Å². The Hall–Kier alpha value is -1.62. The first-order valence-corrected chi connectivity index (χ1v) is 10.8. The number of rotatable bonds is 9. The molecule has 1 aromatic carbocycles. The van der Waals surface area contributed by atoms with E-state index in [0.717, 1.165) is 0 Å². The number of aliphatic hydroxyl groups is 7. The van der Waals surface area contributed by atoms with Gasteiger partial charge in [-0.2, -0.15) is 0 Å². The van der Waals surface area contributed by atoms with Crippen LogP contribution in [0.5, 0.6) is 11.5 Å². The van der Waals surface area contributed by atoms with Crippen LogP contribution in [0.25, 0.3) is 0 Å². The van der Waals surface area contributed by atoms with Gasteiger partial charge in [0.15, 0.2) is 24.1 Å². The highest BCUT2D eigenvalue weighted by Crippen LogP contribution is 2.30. The topological polar surface area (TPSA) is 208 Å². The van der Waals surface area contributed by atoms with Crippen LogP contribution in [0.15, 0.2) is 18.2 Å². The lowest BCUT2D eigenvalue weighted by molar-refractivity contribution is -0.360. The van der Waals surface area contributed by atoms with Crippen molar-refractivity contribution in [3.63, 3.8) is 0 Å². The van der Waals surface area contributed by atoms with Gasteiger partial charge in [0.25, 0.3) is 0 Å². The second-order valence-electron chi connectivity index (χ2n) is 8.13. The van der Waals surface area contributed by atoms with Crippen LogP contribution < -0.4 is 4.74 Å². The summed E-state index contributed by atoms with van der Waals surface area (Å²) in [5.74, 6) is 0.258. The Balaban J connectivity index is 1.65. The van der Waals surface area contributed by atoms with Crippen molar-refractivity contribution in [2.75, 3.05) is 26.9 Å². The van der Waals surface area contributed by atoms with E-state index in [1.165, 1.54) is 13.2 Å². The number of phenolic OH excluding ortho intramolecular Hbond substituents is 1. The van der Waals surface area contributed by atoms with Crippen LogP contribution in [-0.4, -0.2) is 129 Å². The molecule has 34 heavy (non-hydrogen) atoms. The van der Waals surface area contributed by atoms with Crippen LogP contribution >= 0.6 is 0 Å². The minimum absolute atomic E-state index is 0.0223. The van der Waals surface area contributed by atoms with Crippen LogP contribution in [0.4, 0.5) is 0 Å². The fourth-order valence-electron chi connectivity index (χ4n) is 3.87. The third-order valence-electron chi connectivity index (χ3n) is 5.88. The van der Waals surface area contributed by atoms with Gasteiger partial charge >= 0.3 is 0 Å². The summed E-state index contributed by atoms with van der Waals surface area (Å²) < 4.78 is 26.8. The minimum Gasteiger partial charge on any atom is -0.504 e. The second-order valence-corrected chi connectivity index (χ2v) is 8.13. The number of aromatic hydroxyl groups is 1. The number of aliphatic hydroxyl groups excluding tert-OH is 7. The number of hydrogen-bond acceptors (Lipinski definition) is 13. The Morgan fingerprint density at radius 3 is 2.09 bits per heavy atom. The smallest absolute Gasteiger partial charge is 0.187 e. The molecule has 3 rings (SSSR count). The summed E-state index contributed by atoms with van der Waals surface area (Å²) in [6.45, 7) is -1.31. The quantitative estimate of drug-likeness (QED) is 0.169. The molecular formula is C21H32O13. The molecule has 0 aromatic heterocycles. The molecule has 10 atom stereocenters. The molecule has 0 aliphatic carbocycles. The molecule has 2 aliphatic rings. The number of ether oxygens (including phenoxy) is 5. The summed E-state index contributed by atoms with van der Waals surface area (Å²) in [4.78, 5) is 0. The zero-order valence-electron chi connectivity index (χ0n) is 18.5. The molecule has 194 valence electrons. The molecule has 0 saturated carbocycles. The van der Waals surface area contributed by atoms with E-state index >= 15 is 0 Å². The van der Waals surface area contributed by atoms with Gasteiger partial charge in [-0.1, -0.05) is 6.07 Å². The third-order valence-corrected chi connectivity index (χ3v) is 5.88. The van der Waals surface area contributed by atoms with Gasteiger partial charge in [0, 0.05) is 0 Å². The minimum atomic E-state index is -1.75. The summed E-state index contributed by atoms with van der Waals surface area (Å²) in [5, 5.41) is 80.0.